The average molecular weight is 334 g/mol. The zero-order valence-corrected chi connectivity index (χ0v) is 13.6. The zero-order valence-electron chi connectivity index (χ0n) is 13.6. The number of rotatable bonds is 4. The first-order chi connectivity index (χ1) is 12.2. The molecule has 1 atom stereocenters. The molecule has 126 valence electrons. The van der Waals surface area contributed by atoms with Crippen molar-refractivity contribution in [2.45, 2.75) is 19.0 Å². The molecule has 2 heterocycles. The molecule has 2 amide bonds. The Balaban J connectivity index is 1.42. The minimum absolute atomic E-state index is 0.0279. The molecule has 1 fully saturated rings. The third-order valence-electron chi connectivity index (χ3n) is 4.50. The molecule has 0 aliphatic carbocycles. The van der Waals surface area contributed by atoms with Gasteiger partial charge in [0.2, 0.25) is 5.91 Å². The van der Waals surface area contributed by atoms with Crippen LogP contribution in [0.4, 0.5) is 0 Å². The van der Waals surface area contributed by atoms with Gasteiger partial charge in [-0.1, -0.05) is 30.3 Å². The predicted octanol–water partition coefficient (Wildman–Crippen LogP) is 2.09. The largest absolute Gasteiger partial charge is 0.345 e. The lowest BCUT2D eigenvalue weighted by Crippen LogP contribution is -2.41. The molecule has 0 bridgehead atoms. The Kier molecular flexibility index (Phi) is 3.93. The molecular formula is C19H18N4O2. The fraction of sp³-hybridized carbons (Fsp3) is 0.211. The number of benzene rings is 2. The lowest BCUT2D eigenvalue weighted by Gasteiger charge is -2.17. The van der Waals surface area contributed by atoms with E-state index in [1.54, 1.807) is 29.4 Å². The number of fused-ring (bicyclic) bond motifs is 1. The summed E-state index contributed by atoms with van der Waals surface area (Å²) in [4.78, 5) is 33.9. The highest BCUT2D eigenvalue weighted by Gasteiger charge is 2.32. The first-order valence-corrected chi connectivity index (χ1v) is 8.27. The third-order valence-corrected chi connectivity index (χ3v) is 4.50. The number of nitrogens with one attached hydrogen (secondary N) is 2. The highest BCUT2D eigenvalue weighted by atomic mass is 16.2. The number of hydrogen-bond donors (Lipinski definition) is 2. The van der Waals surface area contributed by atoms with Gasteiger partial charge in [0.1, 0.15) is 6.04 Å². The number of H-pyrrole nitrogens is 1. The van der Waals surface area contributed by atoms with E-state index < -0.39 is 6.04 Å². The van der Waals surface area contributed by atoms with Gasteiger partial charge in [-0.05, 0) is 30.2 Å². The van der Waals surface area contributed by atoms with Gasteiger partial charge in [-0.3, -0.25) is 9.59 Å². The number of carbonyl (C=O) groups excluding carboxylic acids is 2. The quantitative estimate of drug-likeness (QED) is 0.767. The van der Waals surface area contributed by atoms with Crippen LogP contribution >= 0.6 is 0 Å². The molecule has 0 radical (unpaired) electrons. The summed E-state index contributed by atoms with van der Waals surface area (Å²) < 4.78 is 0. The number of aromatic amines is 1. The number of carbonyl (C=O) groups is 2. The number of imidazole rings is 1. The molecule has 4 rings (SSSR count). The normalized spacial score (nSPS) is 17.2. The predicted molar refractivity (Wildman–Crippen MR) is 93.8 cm³/mol. The van der Waals surface area contributed by atoms with Crippen molar-refractivity contribution in [1.29, 1.82) is 0 Å². The fourth-order valence-electron chi connectivity index (χ4n) is 3.15. The van der Waals surface area contributed by atoms with Crippen molar-refractivity contribution in [3.8, 4) is 0 Å². The van der Waals surface area contributed by atoms with Crippen molar-refractivity contribution in [2.24, 2.45) is 0 Å². The second kappa shape index (κ2) is 6.39. The molecular weight excluding hydrogens is 316 g/mol. The van der Waals surface area contributed by atoms with E-state index in [1.165, 1.54) is 0 Å². The Morgan fingerprint density at radius 1 is 1.24 bits per heavy atom. The Labute approximate surface area is 144 Å². The van der Waals surface area contributed by atoms with Gasteiger partial charge in [0.15, 0.2) is 0 Å². The molecule has 1 aliphatic heterocycles. The maximum absolute atomic E-state index is 12.5. The highest BCUT2D eigenvalue weighted by Crippen LogP contribution is 2.17. The van der Waals surface area contributed by atoms with Crippen LogP contribution in [0.25, 0.3) is 11.0 Å². The molecule has 2 N–H and O–H groups in total. The smallest absolute Gasteiger partial charge is 0.252 e. The molecule has 0 saturated carbocycles. The second-order valence-corrected chi connectivity index (χ2v) is 6.19. The van der Waals surface area contributed by atoms with Crippen LogP contribution in [0.15, 0.2) is 54.9 Å². The molecule has 0 spiro atoms. The van der Waals surface area contributed by atoms with Gasteiger partial charge in [-0.15, -0.1) is 0 Å². The van der Waals surface area contributed by atoms with Crippen LogP contribution in [0.2, 0.25) is 0 Å². The summed E-state index contributed by atoms with van der Waals surface area (Å²) in [5.41, 5.74) is 3.22. The van der Waals surface area contributed by atoms with Gasteiger partial charge < -0.3 is 15.2 Å². The summed E-state index contributed by atoms with van der Waals surface area (Å²) in [7, 11) is 0. The van der Waals surface area contributed by atoms with Gasteiger partial charge in [0.05, 0.1) is 17.4 Å². The number of nitrogens with zero attached hydrogens (tertiary/aromatic N) is 2. The molecule has 0 unspecified atom stereocenters. The van der Waals surface area contributed by atoms with E-state index in [4.69, 9.17) is 0 Å². The summed E-state index contributed by atoms with van der Waals surface area (Å²) >= 11 is 0. The monoisotopic (exact) mass is 334 g/mol. The van der Waals surface area contributed by atoms with Crippen LogP contribution in [-0.4, -0.2) is 39.3 Å². The standard InChI is InChI=1S/C19H18N4O2/c24-18(14-6-7-15-17(10-14)21-12-20-15)22-16-8-9-23(19(16)25)11-13-4-2-1-3-5-13/h1-7,10,12,16H,8-9,11H2,(H,20,21)(H,22,24)/t16-/m0/s1. The SMILES string of the molecule is O=C(N[C@H]1CCN(Cc2ccccc2)C1=O)c1ccc2nc[nH]c2c1. The van der Waals surface area contributed by atoms with Gasteiger partial charge in [0, 0.05) is 18.7 Å². The summed E-state index contributed by atoms with van der Waals surface area (Å²) in [5, 5.41) is 2.85. The van der Waals surface area contributed by atoms with Crippen LogP contribution in [0, 0.1) is 0 Å². The van der Waals surface area contributed by atoms with Gasteiger partial charge in [-0.25, -0.2) is 4.98 Å². The summed E-state index contributed by atoms with van der Waals surface area (Å²) in [6.45, 7) is 1.23. The highest BCUT2D eigenvalue weighted by molar-refractivity contribution is 6.00. The van der Waals surface area contributed by atoms with Crippen molar-refractivity contribution in [3.63, 3.8) is 0 Å². The molecule has 6 nitrogen and oxygen atoms in total. The first kappa shape index (κ1) is 15.4. The Morgan fingerprint density at radius 2 is 2.08 bits per heavy atom. The molecule has 2 aromatic carbocycles. The minimum atomic E-state index is -0.464. The maximum Gasteiger partial charge on any atom is 0.252 e. The Hall–Kier alpha value is -3.15. The Morgan fingerprint density at radius 3 is 2.92 bits per heavy atom. The minimum Gasteiger partial charge on any atom is -0.345 e. The van der Waals surface area contributed by atoms with E-state index in [-0.39, 0.29) is 11.8 Å². The van der Waals surface area contributed by atoms with Crippen LogP contribution in [0.5, 0.6) is 0 Å². The summed E-state index contributed by atoms with van der Waals surface area (Å²) in [6, 6.07) is 14.7. The lowest BCUT2D eigenvalue weighted by atomic mass is 10.1. The van der Waals surface area contributed by atoms with Gasteiger partial charge >= 0.3 is 0 Å². The van der Waals surface area contributed by atoms with Crippen LogP contribution in [0.3, 0.4) is 0 Å². The van der Waals surface area contributed by atoms with Crippen LogP contribution in [-0.2, 0) is 11.3 Å². The van der Waals surface area contributed by atoms with E-state index in [9.17, 15) is 9.59 Å². The molecule has 6 heteroatoms. The third kappa shape index (κ3) is 3.10. The maximum atomic E-state index is 12.5. The summed E-state index contributed by atoms with van der Waals surface area (Å²) in [6.07, 6.45) is 2.22. The number of hydrogen-bond acceptors (Lipinski definition) is 3. The molecule has 3 aromatic rings. The molecule has 1 saturated heterocycles. The van der Waals surface area contributed by atoms with Crippen molar-refractivity contribution in [2.75, 3.05) is 6.54 Å². The summed E-state index contributed by atoms with van der Waals surface area (Å²) in [5.74, 6) is -0.267. The van der Waals surface area contributed by atoms with Crippen molar-refractivity contribution >= 4 is 22.8 Å². The molecule has 1 aromatic heterocycles. The van der Waals surface area contributed by atoms with E-state index >= 15 is 0 Å². The Bertz CT molecular complexity index is 919. The average Bonchev–Trinajstić information content (AvgIpc) is 3.23. The van der Waals surface area contributed by atoms with E-state index in [0.717, 1.165) is 16.6 Å². The second-order valence-electron chi connectivity index (χ2n) is 6.19. The van der Waals surface area contributed by atoms with Gasteiger partial charge in [-0.2, -0.15) is 0 Å². The molecule has 25 heavy (non-hydrogen) atoms. The van der Waals surface area contributed by atoms with Crippen LogP contribution < -0.4 is 5.32 Å². The van der Waals surface area contributed by atoms with Crippen LogP contribution in [0.1, 0.15) is 22.3 Å². The lowest BCUT2D eigenvalue weighted by molar-refractivity contribution is -0.129. The van der Waals surface area contributed by atoms with Crippen molar-refractivity contribution in [1.82, 2.24) is 20.2 Å². The van der Waals surface area contributed by atoms with Gasteiger partial charge in [0.25, 0.3) is 5.91 Å². The van der Waals surface area contributed by atoms with Crippen molar-refractivity contribution < 1.29 is 9.59 Å². The topological polar surface area (TPSA) is 78.1 Å². The fourth-order valence-corrected chi connectivity index (χ4v) is 3.15. The number of amides is 2. The number of likely N-dealkylation sites (tertiary alicyclic amines) is 1. The van der Waals surface area contributed by atoms with E-state index in [1.807, 2.05) is 30.3 Å². The first-order valence-electron chi connectivity index (χ1n) is 8.27. The zero-order chi connectivity index (χ0) is 17.2. The van der Waals surface area contributed by atoms with E-state index in [2.05, 4.69) is 15.3 Å². The number of aromatic nitrogens is 2. The van der Waals surface area contributed by atoms with Crippen molar-refractivity contribution in [3.05, 3.63) is 66.0 Å². The van der Waals surface area contributed by atoms with E-state index in [0.29, 0.717) is 25.1 Å². The molecule has 1 aliphatic rings.